The molecule has 100 valence electrons. The van der Waals surface area contributed by atoms with Gasteiger partial charge in [-0.25, -0.2) is 4.98 Å². The number of hydrogen-bond donors (Lipinski definition) is 2. The average molecular weight is 259 g/mol. The van der Waals surface area contributed by atoms with Gasteiger partial charge in [-0.05, 0) is 31.1 Å². The van der Waals surface area contributed by atoms with Crippen LogP contribution in [0.15, 0.2) is 22.6 Å². The summed E-state index contributed by atoms with van der Waals surface area (Å²) in [6, 6.07) is 5.53. The minimum atomic E-state index is 0.0217. The summed E-state index contributed by atoms with van der Waals surface area (Å²) in [5.74, 6) is 1.15. The Morgan fingerprint density at radius 1 is 1.53 bits per heavy atom. The second kappa shape index (κ2) is 4.66. The van der Waals surface area contributed by atoms with Gasteiger partial charge in [0.15, 0.2) is 11.5 Å². The topological polar surface area (TPSA) is 67.2 Å². The minimum absolute atomic E-state index is 0.0217. The van der Waals surface area contributed by atoms with Crippen LogP contribution in [0.1, 0.15) is 12.8 Å². The third-order valence-electron chi connectivity index (χ3n) is 3.70. The molecule has 2 N–H and O–H groups in total. The highest BCUT2D eigenvalue weighted by Gasteiger charge is 2.28. The standard InChI is InChI=1S/C14H17N3O2/c1-8(10-6-15-7-10)14(18)17-11-3-4-12-13(5-11)19-9(2)16-12/h3-5,8,10,15H,6-7H2,1-2H3,(H,17,18). The number of aryl methyl sites for hydroxylation is 1. The quantitative estimate of drug-likeness (QED) is 0.884. The molecule has 1 saturated heterocycles. The zero-order valence-electron chi connectivity index (χ0n) is 11.1. The molecular weight excluding hydrogens is 242 g/mol. The third kappa shape index (κ3) is 2.33. The Morgan fingerprint density at radius 2 is 2.32 bits per heavy atom. The first-order chi connectivity index (χ1) is 9.13. The Labute approximate surface area is 111 Å². The van der Waals surface area contributed by atoms with Crippen molar-refractivity contribution >= 4 is 22.7 Å². The molecule has 1 aromatic heterocycles. The van der Waals surface area contributed by atoms with E-state index in [0.29, 0.717) is 17.4 Å². The fourth-order valence-electron chi connectivity index (χ4n) is 2.25. The SMILES string of the molecule is Cc1nc2ccc(NC(=O)C(C)C3CNC3)cc2o1. The van der Waals surface area contributed by atoms with Gasteiger partial charge in [-0.1, -0.05) is 6.92 Å². The first-order valence-corrected chi connectivity index (χ1v) is 6.52. The van der Waals surface area contributed by atoms with Crippen LogP contribution in [0.2, 0.25) is 0 Å². The Morgan fingerprint density at radius 3 is 3.00 bits per heavy atom. The number of carbonyl (C=O) groups is 1. The van der Waals surface area contributed by atoms with Gasteiger partial charge in [0, 0.05) is 24.6 Å². The second-order valence-electron chi connectivity index (χ2n) is 5.11. The van der Waals surface area contributed by atoms with Crippen molar-refractivity contribution in [1.82, 2.24) is 10.3 Å². The number of benzene rings is 1. The number of hydrogen-bond acceptors (Lipinski definition) is 4. The zero-order chi connectivity index (χ0) is 13.4. The van der Waals surface area contributed by atoms with Crippen LogP contribution in [0.25, 0.3) is 11.1 Å². The van der Waals surface area contributed by atoms with Crippen molar-refractivity contribution in [3.8, 4) is 0 Å². The lowest BCUT2D eigenvalue weighted by molar-refractivity contribution is -0.121. The molecule has 0 radical (unpaired) electrons. The van der Waals surface area contributed by atoms with E-state index >= 15 is 0 Å². The lowest BCUT2D eigenvalue weighted by atomic mass is 9.88. The molecule has 1 amide bonds. The smallest absolute Gasteiger partial charge is 0.227 e. The molecule has 1 atom stereocenters. The number of nitrogens with zero attached hydrogens (tertiary/aromatic N) is 1. The number of rotatable bonds is 3. The fourth-order valence-corrected chi connectivity index (χ4v) is 2.25. The molecule has 1 aliphatic rings. The summed E-state index contributed by atoms with van der Waals surface area (Å²) in [6.07, 6.45) is 0. The maximum atomic E-state index is 12.1. The summed E-state index contributed by atoms with van der Waals surface area (Å²) in [4.78, 5) is 16.3. The third-order valence-corrected chi connectivity index (χ3v) is 3.70. The lowest BCUT2D eigenvalue weighted by Crippen LogP contribution is -2.48. The van der Waals surface area contributed by atoms with E-state index in [2.05, 4.69) is 15.6 Å². The van der Waals surface area contributed by atoms with E-state index in [-0.39, 0.29) is 11.8 Å². The van der Waals surface area contributed by atoms with Crippen LogP contribution in [0.3, 0.4) is 0 Å². The summed E-state index contributed by atoms with van der Waals surface area (Å²) < 4.78 is 5.46. The Hall–Kier alpha value is -1.88. The van der Waals surface area contributed by atoms with Crippen molar-refractivity contribution in [3.05, 3.63) is 24.1 Å². The average Bonchev–Trinajstić information content (AvgIpc) is 2.66. The van der Waals surface area contributed by atoms with Crippen LogP contribution in [0.4, 0.5) is 5.69 Å². The van der Waals surface area contributed by atoms with Gasteiger partial charge in [0.1, 0.15) is 5.52 Å². The molecule has 1 aromatic carbocycles. The molecule has 1 unspecified atom stereocenters. The molecule has 1 aliphatic heterocycles. The zero-order valence-corrected chi connectivity index (χ0v) is 11.1. The van der Waals surface area contributed by atoms with Gasteiger partial charge in [0.2, 0.25) is 5.91 Å². The molecule has 0 bridgehead atoms. The highest BCUT2D eigenvalue weighted by molar-refractivity contribution is 5.94. The van der Waals surface area contributed by atoms with Crippen LogP contribution in [0, 0.1) is 18.8 Å². The highest BCUT2D eigenvalue weighted by atomic mass is 16.3. The predicted molar refractivity (Wildman–Crippen MR) is 72.9 cm³/mol. The van der Waals surface area contributed by atoms with E-state index in [0.717, 1.165) is 24.3 Å². The molecule has 2 aromatic rings. The summed E-state index contributed by atoms with van der Waals surface area (Å²) in [5.41, 5.74) is 2.27. The number of amides is 1. The fraction of sp³-hybridized carbons (Fsp3) is 0.429. The van der Waals surface area contributed by atoms with E-state index in [1.165, 1.54) is 0 Å². The molecule has 2 heterocycles. The number of nitrogens with one attached hydrogen (secondary N) is 2. The van der Waals surface area contributed by atoms with Crippen molar-refractivity contribution in [1.29, 1.82) is 0 Å². The van der Waals surface area contributed by atoms with Crippen LogP contribution in [-0.2, 0) is 4.79 Å². The van der Waals surface area contributed by atoms with Crippen molar-refractivity contribution in [3.63, 3.8) is 0 Å². The molecule has 1 fully saturated rings. The predicted octanol–water partition coefficient (Wildman–Crippen LogP) is 1.93. The molecular formula is C14H17N3O2. The number of fused-ring (bicyclic) bond motifs is 1. The van der Waals surface area contributed by atoms with Crippen LogP contribution in [0.5, 0.6) is 0 Å². The molecule has 3 rings (SSSR count). The molecule has 5 nitrogen and oxygen atoms in total. The van der Waals surface area contributed by atoms with E-state index in [4.69, 9.17) is 4.42 Å². The molecule has 5 heteroatoms. The van der Waals surface area contributed by atoms with E-state index in [1.54, 1.807) is 0 Å². The van der Waals surface area contributed by atoms with Crippen molar-refractivity contribution < 1.29 is 9.21 Å². The van der Waals surface area contributed by atoms with Crippen LogP contribution >= 0.6 is 0 Å². The van der Waals surface area contributed by atoms with Gasteiger partial charge in [-0.3, -0.25) is 4.79 Å². The monoisotopic (exact) mass is 259 g/mol. The van der Waals surface area contributed by atoms with Gasteiger partial charge in [0.25, 0.3) is 0 Å². The summed E-state index contributed by atoms with van der Waals surface area (Å²) in [5, 5.41) is 6.12. The number of anilines is 1. The molecule has 0 aliphatic carbocycles. The lowest BCUT2D eigenvalue weighted by Gasteiger charge is -2.31. The first kappa shape index (κ1) is 12.2. The van der Waals surface area contributed by atoms with Crippen LogP contribution in [-0.4, -0.2) is 24.0 Å². The number of carbonyl (C=O) groups excluding carboxylic acids is 1. The maximum absolute atomic E-state index is 12.1. The van der Waals surface area contributed by atoms with Gasteiger partial charge in [0.05, 0.1) is 0 Å². The Kier molecular flexibility index (Phi) is 2.98. The van der Waals surface area contributed by atoms with Crippen LogP contribution < -0.4 is 10.6 Å². The minimum Gasteiger partial charge on any atom is -0.441 e. The Balaban J connectivity index is 1.74. The second-order valence-corrected chi connectivity index (χ2v) is 5.11. The molecule has 0 saturated carbocycles. The normalized spacial score (nSPS) is 17.2. The van der Waals surface area contributed by atoms with Crippen molar-refractivity contribution in [2.24, 2.45) is 11.8 Å². The molecule has 0 spiro atoms. The molecule has 19 heavy (non-hydrogen) atoms. The summed E-state index contributed by atoms with van der Waals surface area (Å²) in [7, 11) is 0. The number of oxazole rings is 1. The van der Waals surface area contributed by atoms with Gasteiger partial charge in [-0.2, -0.15) is 0 Å². The van der Waals surface area contributed by atoms with Gasteiger partial charge < -0.3 is 15.1 Å². The maximum Gasteiger partial charge on any atom is 0.227 e. The summed E-state index contributed by atoms with van der Waals surface area (Å²) in [6.45, 7) is 5.63. The van der Waals surface area contributed by atoms with Gasteiger partial charge >= 0.3 is 0 Å². The largest absolute Gasteiger partial charge is 0.441 e. The Bertz CT molecular complexity index is 616. The van der Waals surface area contributed by atoms with Crippen molar-refractivity contribution in [2.45, 2.75) is 13.8 Å². The van der Waals surface area contributed by atoms with E-state index in [1.807, 2.05) is 32.0 Å². The van der Waals surface area contributed by atoms with E-state index in [9.17, 15) is 4.79 Å². The van der Waals surface area contributed by atoms with Gasteiger partial charge in [-0.15, -0.1) is 0 Å². The summed E-state index contributed by atoms with van der Waals surface area (Å²) >= 11 is 0. The van der Waals surface area contributed by atoms with E-state index < -0.39 is 0 Å². The highest BCUT2D eigenvalue weighted by Crippen LogP contribution is 2.22. The first-order valence-electron chi connectivity index (χ1n) is 6.52. The number of aromatic nitrogens is 1. The van der Waals surface area contributed by atoms with Crippen molar-refractivity contribution in [2.75, 3.05) is 18.4 Å².